The molecule has 2 bridgehead atoms. The van der Waals surface area contributed by atoms with Crippen molar-refractivity contribution >= 4 is 10.0 Å². The lowest BCUT2D eigenvalue weighted by atomic mass is 9.76. The predicted molar refractivity (Wildman–Crippen MR) is 105 cm³/mol. The van der Waals surface area contributed by atoms with Gasteiger partial charge in [-0.05, 0) is 56.4 Å². The van der Waals surface area contributed by atoms with Crippen molar-refractivity contribution in [1.82, 2.24) is 4.72 Å². The number of halogens is 1. The molecule has 2 saturated carbocycles. The van der Waals surface area contributed by atoms with E-state index in [1.807, 2.05) is 6.07 Å². The van der Waals surface area contributed by atoms with Crippen molar-refractivity contribution < 1.29 is 22.3 Å². The van der Waals surface area contributed by atoms with Gasteiger partial charge in [0, 0.05) is 17.5 Å². The van der Waals surface area contributed by atoms with Gasteiger partial charge in [0.2, 0.25) is 10.0 Å². The number of ether oxygens (including phenoxy) is 2. The number of hydrogen-bond donors (Lipinski definition) is 1. The van der Waals surface area contributed by atoms with Crippen molar-refractivity contribution in [3.8, 4) is 5.75 Å². The van der Waals surface area contributed by atoms with Crippen molar-refractivity contribution in [3.63, 3.8) is 0 Å². The third kappa shape index (κ3) is 4.52. The van der Waals surface area contributed by atoms with Gasteiger partial charge in [-0.1, -0.05) is 18.6 Å². The van der Waals surface area contributed by atoms with Crippen LogP contribution in [0.2, 0.25) is 0 Å². The van der Waals surface area contributed by atoms with Crippen molar-refractivity contribution in [2.75, 3.05) is 19.5 Å². The standard InChI is InChI=1S/C21H30FNO4S/c1-28(24,25)23-20-7-2-4-15-12-27-21-17(5-3-6-19(21)22)14-8-10-16(11-9-14)26-13-18(15)20/h3,5-6,14-16,18,20,23H,2,4,7-13H2,1H3/t14-,15?,16+,18-,20+/m1/s1. The first-order chi connectivity index (χ1) is 13.4. The molecule has 156 valence electrons. The fourth-order valence-electron chi connectivity index (χ4n) is 5.21. The molecule has 0 spiro atoms. The lowest BCUT2D eigenvalue weighted by molar-refractivity contribution is -0.0301. The third-order valence-corrected chi connectivity index (χ3v) is 7.39. The van der Waals surface area contributed by atoms with Crippen molar-refractivity contribution in [2.24, 2.45) is 11.8 Å². The summed E-state index contributed by atoms with van der Waals surface area (Å²) in [6.45, 7) is 0.919. The van der Waals surface area contributed by atoms with E-state index in [4.69, 9.17) is 9.47 Å². The van der Waals surface area contributed by atoms with Gasteiger partial charge in [-0.25, -0.2) is 17.5 Å². The van der Waals surface area contributed by atoms with Crippen LogP contribution in [0.3, 0.4) is 0 Å². The first-order valence-electron chi connectivity index (χ1n) is 10.4. The monoisotopic (exact) mass is 411 g/mol. The molecule has 2 heterocycles. The van der Waals surface area contributed by atoms with Gasteiger partial charge in [0.25, 0.3) is 0 Å². The van der Waals surface area contributed by atoms with E-state index < -0.39 is 10.0 Å². The van der Waals surface area contributed by atoms with E-state index in [-0.39, 0.29) is 29.8 Å². The molecule has 3 atom stereocenters. The number of hydrogen-bond acceptors (Lipinski definition) is 4. The lowest BCUT2D eigenvalue weighted by Crippen LogP contribution is -2.48. The zero-order chi connectivity index (χ0) is 19.7. The van der Waals surface area contributed by atoms with Gasteiger partial charge < -0.3 is 9.47 Å². The van der Waals surface area contributed by atoms with Crippen molar-refractivity contribution in [3.05, 3.63) is 29.6 Å². The van der Waals surface area contributed by atoms with E-state index >= 15 is 0 Å². The predicted octanol–water partition coefficient (Wildman–Crippen LogP) is 3.60. The maximum atomic E-state index is 14.6. The Morgan fingerprint density at radius 1 is 1.07 bits per heavy atom. The molecule has 2 fully saturated rings. The van der Waals surface area contributed by atoms with Crippen LogP contribution in [0.1, 0.15) is 56.4 Å². The summed E-state index contributed by atoms with van der Waals surface area (Å²) in [5.41, 5.74) is 0.970. The van der Waals surface area contributed by atoms with Crippen LogP contribution < -0.4 is 9.46 Å². The van der Waals surface area contributed by atoms with Crippen LogP contribution in [0, 0.1) is 17.7 Å². The molecule has 0 amide bonds. The fraction of sp³-hybridized carbons (Fsp3) is 0.714. The van der Waals surface area contributed by atoms with Crippen LogP contribution in [0.15, 0.2) is 18.2 Å². The summed E-state index contributed by atoms with van der Waals surface area (Å²) in [5.74, 6) is 0.580. The van der Waals surface area contributed by atoms with E-state index in [1.165, 1.54) is 12.3 Å². The molecule has 2 aliphatic carbocycles. The average molecular weight is 412 g/mol. The summed E-state index contributed by atoms with van der Waals surface area (Å²) in [5, 5.41) is 0. The van der Waals surface area contributed by atoms with Gasteiger partial charge in [-0.3, -0.25) is 0 Å². The van der Waals surface area contributed by atoms with Gasteiger partial charge in [-0.15, -0.1) is 0 Å². The van der Waals surface area contributed by atoms with Gasteiger partial charge >= 0.3 is 0 Å². The molecule has 5 rings (SSSR count). The minimum absolute atomic E-state index is 0.0378. The molecule has 1 unspecified atom stereocenters. The Labute approximate surface area is 167 Å². The number of sulfonamides is 1. The molecule has 28 heavy (non-hydrogen) atoms. The smallest absolute Gasteiger partial charge is 0.208 e. The highest BCUT2D eigenvalue weighted by Crippen LogP contribution is 2.41. The molecule has 0 aromatic heterocycles. The average Bonchev–Trinajstić information content (AvgIpc) is 2.64. The van der Waals surface area contributed by atoms with Crippen LogP contribution >= 0.6 is 0 Å². The van der Waals surface area contributed by atoms with E-state index in [2.05, 4.69) is 4.72 Å². The number of benzene rings is 1. The first-order valence-corrected chi connectivity index (χ1v) is 12.3. The number of rotatable bonds is 2. The SMILES string of the molecule is CS(=O)(=O)N[C@H]1CCCC2COc3c(F)cccc3[C@H]3CC[C@H](CC3)OC[C@H]21. The van der Waals surface area contributed by atoms with Gasteiger partial charge in [0.1, 0.15) is 0 Å². The second-order valence-corrected chi connectivity index (χ2v) is 10.4. The molecular weight excluding hydrogens is 381 g/mol. The number of nitrogens with one attached hydrogen (secondary N) is 1. The lowest BCUT2D eigenvalue weighted by Gasteiger charge is -2.40. The van der Waals surface area contributed by atoms with Crippen LogP contribution in [-0.4, -0.2) is 40.0 Å². The molecule has 0 radical (unpaired) electrons. The third-order valence-electron chi connectivity index (χ3n) is 6.66. The molecule has 0 saturated heterocycles. The second kappa shape index (κ2) is 8.28. The fourth-order valence-corrected chi connectivity index (χ4v) is 6.06. The summed E-state index contributed by atoms with van der Waals surface area (Å²) in [7, 11) is -3.30. The number of para-hydroxylation sites is 1. The Hall–Kier alpha value is -1.18. The maximum absolute atomic E-state index is 14.6. The highest BCUT2D eigenvalue weighted by atomic mass is 32.2. The van der Waals surface area contributed by atoms with E-state index in [0.717, 1.165) is 50.5 Å². The normalized spacial score (nSPS) is 33.7. The highest BCUT2D eigenvalue weighted by Gasteiger charge is 2.37. The minimum atomic E-state index is -3.30. The topological polar surface area (TPSA) is 64.6 Å². The van der Waals surface area contributed by atoms with Crippen LogP contribution in [0.25, 0.3) is 0 Å². The molecular formula is C21H30FNO4S. The van der Waals surface area contributed by atoms with E-state index in [9.17, 15) is 12.8 Å². The molecule has 1 aromatic rings. The van der Waals surface area contributed by atoms with Crippen LogP contribution in [-0.2, 0) is 14.8 Å². The summed E-state index contributed by atoms with van der Waals surface area (Å²) in [6, 6.07) is 5.06. The van der Waals surface area contributed by atoms with Gasteiger partial charge in [0.05, 0.1) is 25.6 Å². The van der Waals surface area contributed by atoms with E-state index in [1.54, 1.807) is 6.07 Å². The van der Waals surface area contributed by atoms with Crippen molar-refractivity contribution in [2.45, 2.75) is 63.0 Å². The van der Waals surface area contributed by atoms with Crippen LogP contribution in [0.5, 0.6) is 5.75 Å². The molecule has 4 aliphatic rings. The highest BCUT2D eigenvalue weighted by molar-refractivity contribution is 7.88. The van der Waals surface area contributed by atoms with Crippen LogP contribution in [0.4, 0.5) is 4.39 Å². The Bertz CT molecular complexity index is 792. The summed E-state index contributed by atoms with van der Waals surface area (Å²) >= 11 is 0. The second-order valence-electron chi connectivity index (χ2n) is 8.63. The summed E-state index contributed by atoms with van der Waals surface area (Å²) in [6.07, 6.45) is 7.89. The minimum Gasteiger partial charge on any atom is -0.490 e. The van der Waals surface area contributed by atoms with Crippen molar-refractivity contribution in [1.29, 1.82) is 0 Å². The summed E-state index contributed by atoms with van der Waals surface area (Å²) < 4.78 is 53.5. The van der Waals surface area contributed by atoms with Gasteiger partial charge in [0.15, 0.2) is 11.6 Å². The molecule has 1 N–H and O–H groups in total. The molecule has 2 aliphatic heterocycles. The van der Waals surface area contributed by atoms with Gasteiger partial charge in [-0.2, -0.15) is 0 Å². The number of fused-ring (bicyclic) bond motifs is 4. The first kappa shape index (κ1) is 20.1. The maximum Gasteiger partial charge on any atom is 0.208 e. The quantitative estimate of drug-likeness (QED) is 0.808. The van der Waals surface area contributed by atoms with E-state index in [0.29, 0.717) is 24.9 Å². The Balaban J connectivity index is 1.63. The Morgan fingerprint density at radius 2 is 1.86 bits per heavy atom. The Kier molecular flexibility index (Phi) is 5.95. The molecule has 1 aromatic carbocycles. The zero-order valence-corrected chi connectivity index (χ0v) is 17.2. The molecule has 5 nitrogen and oxygen atoms in total. The summed E-state index contributed by atoms with van der Waals surface area (Å²) in [4.78, 5) is 0. The largest absolute Gasteiger partial charge is 0.490 e. The zero-order valence-electron chi connectivity index (χ0n) is 16.4. The Morgan fingerprint density at radius 3 is 2.61 bits per heavy atom. The molecule has 7 heteroatoms.